The van der Waals surface area contributed by atoms with Crippen LogP contribution in [-0.4, -0.2) is 26.2 Å². The summed E-state index contributed by atoms with van der Waals surface area (Å²) in [5.41, 5.74) is 1.07. The van der Waals surface area contributed by atoms with Gasteiger partial charge in [0, 0.05) is 17.6 Å². The summed E-state index contributed by atoms with van der Waals surface area (Å²) in [5, 5.41) is 3.49. The molecular weight excluding hydrogens is 394 g/mol. The van der Waals surface area contributed by atoms with Crippen LogP contribution in [0, 0.1) is 11.6 Å². The predicted molar refractivity (Wildman–Crippen MR) is 109 cm³/mol. The van der Waals surface area contributed by atoms with Gasteiger partial charge in [-0.1, -0.05) is 36.9 Å². The Bertz CT molecular complexity index is 1050. The van der Waals surface area contributed by atoms with Gasteiger partial charge in [-0.2, -0.15) is 0 Å². The number of hydrogen-bond donors (Lipinski definition) is 1. The van der Waals surface area contributed by atoms with Crippen molar-refractivity contribution in [3.05, 3.63) is 89.4 Å². The molecule has 0 saturated carbocycles. The molecule has 146 valence electrons. The van der Waals surface area contributed by atoms with Gasteiger partial charge in [0.05, 0.1) is 11.7 Å². The summed E-state index contributed by atoms with van der Waals surface area (Å²) in [6.07, 6.45) is 3.34. The second-order valence-electron chi connectivity index (χ2n) is 6.44. The normalized spacial score (nSPS) is 18.4. The van der Waals surface area contributed by atoms with Crippen LogP contribution in [0.25, 0.3) is 0 Å². The number of carbonyl (C=O) groups is 1. The summed E-state index contributed by atoms with van der Waals surface area (Å²) in [5.74, 6) is -2.53. The number of thioether (sulfide) groups is 1. The first-order chi connectivity index (χ1) is 14.0. The molecule has 3 aromatic rings. The maximum atomic E-state index is 13.7. The number of anilines is 1. The van der Waals surface area contributed by atoms with Crippen molar-refractivity contribution >= 4 is 28.5 Å². The number of halogens is 2. The highest BCUT2D eigenvalue weighted by atomic mass is 32.2. The number of hydrogen-bond acceptors (Lipinski definition) is 5. The first kappa shape index (κ1) is 19.2. The Hall–Kier alpha value is -3.13. The molecule has 1 aliphatic heterocycles. The van der Waals surface area contributed by atoms with Gasteiger partial charge in [-0.3, -0.25) is 14.8 Å². The van der Waals surface area contributed by atoms with E-state index < -0.39 is 23.1 Å². The quantitative estimate of drug-likeness (QED) is 0.681. The van der Waals surface area contributed by atoms with Crippen LogP contribution in [0.4, 0.5) is 14.6 Å². The van der Waals surface area contributed by atoms with Crippen molar-refractivity contribution in [2.45, 2.75) is 18.2 Å². The third kappa shape index (κ3) is 4.02. The minimum Gasteiger partial charge on any atom is -0.306 e. The number of pyridine rings is 2. The van der Waals surface area contributed by atoms with E-state index in [0.29, 0.717) is 0 Å². The molecular formula is C21H16F2N4OS. The van der Waals surface area contributed by atoms with E-state index in [1.807, 2.05) is 18.2 Å². The third-order valence-corrected chi connectivity index (χ3v) is 5.61. The van der Waals surface area contributed by atoms with Gasteiger partial charge in [0.2, 0.25) is 0 Å². The molecule has 2 aromatic heterocycles. The highest BCUT2D eigenvalue weighted by Gasteiger charge is 2.29. The van der Waals surface area contributed by atoms with Gasteiger partial charge in [0.1, 0.15) is 28.1 Å². The van der Waals surface area contributed by atoms with E-state index in [-0.39, 0.29) is 17.1 Å². The third-order valence-electron chi connectivity index (χ3n) is 4.44. The Morgan fingerprint density at radius 3 is 2.48 bits per heavy atom. The van der Waals surface area contributed by atoms with E-state index in [0.717, 1.165) is 28.4 Å². The number of aliphatic imine (C=N–C) groups is 1. The van der Waals surface area contributed by atoms with E-state index >= 15 is 0 Å². The molecule has 0 saturated heterocycles. The largest absolute Gasteiger partial charge is 0.306 e. The monoisotopic (exact) mass is 410 g/mol. The molecule has 29 heavy (non-hydrogen) atoms. The van der Waals surface area contributed by atoms with Crippen molar-refractivity contribution in [3.63, 3.8) is 0 Å². The Balaban J connectivity index is 1.51. The second kappa shape index (κ2) is 8.08. The van der Waals surface area contributed by atoms with Gasteiger partial charge >= 0.3 is 0 Å². The molecule has 1 aromatic carbocycles. The lowest BCUT2D eigenvalue weighted by atomic mass is 10.1. The van der Waals surface area contributed by atoms with Gasteiger partial charge in [0.15, 0.2) is 0 Å². The average Bonchev–Trinajstić information content (AvgIpc) is 3.11. The summed E-state index contributed by atoms with van der Waals surface area (Å²) in [6, 6.07) is 12.3. The van der Waals surface area contributed by atoms with E-state index in [4.69, 9.17) is 4.99 Å². The maximum Gasteiger partial charge on any atom is 0.262 e. The van der Waals surface area contributed by atoms with E-state index in [2.05, 4.69) is 22.2 Å². The van der Waals surface area contributed by atoms with Crippen molar-refractivity contribution in [1.82, 2.24) is 9.97 Å². The highest BCUT2D eigenvalue weighted by Crippen LogP contribution is 2.38. The van der Waals surface area contributed by atoms with Gasteiger partial charge < -0.3 is 5.32 Å². The zero-order valence-corrected chi connectivity index (χ0v) is 16.2. The maximum absolute atomic E-state index is 13.7. The number of carbonyl (C=O) groups excluding carboxylic acids is 1. The topological polar surface area (TPSA) is 67.2 Å². The number of rotatable bonds is 4. The molecule has 1 aliphatic rings. The molecule has 0 fully saturated rings. The Morgan fingerprint density at radius 1 is 1.03 bits per heavy atom. The number of benzene rings is 1. The van der Waals surface area contributed by atoms with Crippen molar-refractivity contribution in [3.8, 4) is 0 Å². The SMILES string of the molecule is CC1SC(c2ccccn2)=NC1c1ccc(NC(=O)c2c(F)cccc2F)nc1. The summed E-state index contributed by atoms with van der Waals surface area (Å²) < 4.78 is 27.5. The summed E-state index contributed by atoms with van der Waals surface area (Å²) >= 11 is 1.64. The molecule has 0 aliphatic carbocycles. The highest BCUT2D eigenvalue weighted by molar-refractivity contribution is 8.15. The fourth-order valence-electron chi connectivity index (χ4n) is 3.01. The molecule has 0 radical (unpaired) electrons. The molecule has 3 heterocycles. The molecule has 4 rings (SSSR count). The van der Waals surface area contributed by atoms with E-state index in [1.165, 1.54) is 6.07 Å². The second-order valence-corrected chi connectivity index (χ2v) is 7.81. The molecule has 2 atom stereocenters. The van der Waals surface area contributed by atoms with Crippen LogP contribution in [0.15, 0.2) is 65.9 Å². The molecule has 8 heteroatoms. The van der Waals surface area contributed by atoms with Crippen molar-refractivity contribution < 1.29 is 13.6 Å². The lowest BCUT2D eigenvalue weighted by Crippen LogP contribution is -2.16. The fourth-order valence-corrected chi connectivity index (χ4v) is 4.13. The summed E-state index contributed by atoms with van der Waals surface area (Å²) in [6.45, 7) is 2.07. The molecule has 5 nitrogen and oxygen atoms in total. The van der Waals surface area contributed by atoms with Crippen LogP contribution in [-0.2, 0) is 0 Å². The Kier molecular flexibility index (Phi) is 5.35. The van der Waals surface area contributed by atoms with Crippen molar-refractivity contribution in [2.24, 2.45) is 4.99 Å². The number of amides is 1. The molecule has 0 bridgehead atoms. The van der Waals surface area contributed by atoms with Gasteiger partial charge in [-0.15, -0.1) is 0 Å². The van der Waals surface area contributed by atoms with Gasteiger partial charge in [0.25, 0.3) is 5.91 Å². The van der Waals surface area contributed by atoms with Crippen molar-refractivity contribution in [1.29, 1.82) is 0 Å². The van der Waals surface area contributed by atoms with E-state index in [9.17, 15) is 13.6 Å². The minimum atomic E-state index is -0.924. The molecule has 2 unspecified atom stereocenters. The van der Waals surface area contributed by atoms with Crippen LogP contribution in [0.2, 0.25) is 0 Å². The van der Waals surface area contributed by atoms with Gasteiger partial charge in [-0.05, 0) is 35.9 Å². The first-order valence-corrected chi connectivity index (χ1v) is 9.78. The van der Waals surface area contributed by atoms with Crippen molar-refractivity contribution in [2.75, 3.05) is 5.32 Å². The minimum absolute atomic E-state index is 0.0988. The molecule has 1 N–H and O–H groups in total. The van der Waals surface area contributed by atoms with Crippen LogP contribution < -0.4 is 5.32 Å². The zero-order chi connectivity index (χ0) is 20.4. The fraction of sp³-hybridized carbons (Fsp3) is 0.143. The van der Waals surface area contributed by atoms with Gasteiger partial charge in [-0.25, -0.2) is 13.8 Å². The van der Waals surface area contributed by atoms with Crippen LogP contribution in [0.1, 0.15) is 34.6 Å². The number of nitrogens with one attached hydrogen (secondary N) is 1. The first-order valence-electron chi connectivity index (χ1n) is 8.90. The molecule has 0 spiro atoms. The standard InChI is InChI=1S/C21H16F2N4OS/c1-12-19(27-21(29-12)16-7-2-3-10-24-16)13-8-9-17(25-11-13)26-20(28)18-14(22)5-4-6-15(18)23/h2-12,19H,1H3,(H,25,26,28). The lowest BCUT2D eigenvalue weighted by molar-refractivity contribution is 0.101. The molecule has 1 amide bonds. The number of aromatic nitrogens is 2. The Labute approximate surface area is 170 Å². The van der Waals surface area contributed by atoms with Crippen LogP contribution in [0.5, 0.6) is 0 Å². The van der Waals surface area contributed by atoms with E-state index in [1.54, 1.807) is 36.3 Å². The van der Waals surface area contributed by atoms with Crippen LogP contribution in [0.3, 0.4) is 0 Å². The number of nitrogens with zero attached hydrogens (tertiary/aromatic N) is 3. The lowest BCUT2D eigenvalue weighted by Gasteiger charge is -2.13. The Morgan fingerprint density at radius 2 is 1.83 bits per heavy atom. The smallest absolute Gasteiger partial charge is 0.262 e. The summed E-state index contributed by atoms with van der Waals surface area (Å²) in [4.78, 5) is 25.5. The predicted octanol–water partition coefficient (Wildman–Crippen LogP) is 4.63. The zero-order valence-electron chi connectivity index (χ0n) is 15.3. The average molecular weight is 410 g/mol. The van der Waals surface area contributed by atoms with Crippen LogP contribution >= 0.6 is 11.8 Å². The summed E-state index contributed by atoms with van der Waals surface area (Å²) in [7, 11) is 0.